The van der Waals surface area contributed by atoms with Gasteiger partial charge in [0.25, 0.3) is 0 Å². The molecule has 7 heteroatoms. The van der Waals surface area contributed by atoms with Crippen molar-refractivity contribution in [3.8, 4) is 0 Å². The van der Waals surface area contributed by atoms with E-state index in [2.05, 4.69) is 16.8 Å². The number of aryl methyl sites for hydroxylation is 1. The van der Waals surface area contributed by atoms with Crippen LogP contribution in [-0.4, -0.2) is 29.3 Å². The lowest BCUT2D eigenvalue weighted by Gasteiger charge is -2.31. The number of halogens is 1. The van der Waals surface area contributed by atoms with E-state index < -0.39 is 6.04 Å². The second-order valence-corrected chi connectivity index (χ2v) is 9.29. The van der Waals surface area contributed by atoms with Gasteiger partial charge in [0.15, 0.2) is 0 Å². The van der Waals surface area contributed by atoms with Crippen molar-refractivity contribution in [2.75, 3.05) is 6.54 Å². The summed E-state index contributed by atoms with van der Waals surface area (Å²) in [7, 11) is 0. The minimum absolute atomic E-state index is 0.0382. The Morgan fingerprint density at radius 3 is 2.92 bits per heavy atom. The van der Waals surface area contributed by atoms with Gasteiger partial charge in [-0.1, -0.05) is 24.9 Å². The molecule has 1 aliphatic heterocycles. The fourth-order valence-electron chi connectivity index (χ4n) is 3.19. The van der Waals surface area contributed by atoms with Gasteiger partial charge in [0, 0.05) is 29.3 Å². The molecule has 1 atom stereocenters. The van der Waals surface area contributed by atoms with Crippen molar-refractivity contribution in [1.29, 1.82) is 0 Å². The van der Waals surface area contributed by atoms with E-state index in [1.165, 1.54) is 21.8 Å². The van der Waals surface area contributed by atoms with E-state index in [1.54, 1.807) is 11.3 Å². The van der Waals surface area contributed by atoms with E-state index in [1.807, 2.05) is 24.0 Å². The molecule has 1 N–H and O–H groups in total. The first-order chi connectivity index (χ1) is 12.6. The number of nitrogens with zero attached hydrogens (tertiary/aromatic N) is 1. The Bertz CT molecular complexity index is 771. The number of hydrogen-bond acceptors (Lipinski definition) is 4. The molecule has 0 saturated heterocycles. The maximum atomic E-state index is 12.9. The molecule has 140 valence electrons. The molecule has 0 saturated carbocycles. The molecule has 0 fully saturated rings. The Balaban J connectivity index is 1.55. The van der Waals surface area contributed by atoms with Gasteiger partial charge in [-0.2, -0.15) is 0 Å². The first-order valence-electron chi connectivity index (χ1n) is 8.94. The van der Waals surface area contributed by atoms with Gasteiger partial charge < -0.3 is 10.2 Å². The lowest BCUT2D eigenvalue weighted by Crippen LogP contribution is -2.49. The summed E-state index contributed by atoms with van der Waals surface area (Å²) in [4.78, 5) is 29.6. The molecule has 3 rings (SSSR count). The van der Waals surface area contributed by atoms with Crippen LogP contribution >= 0.6 is 34.3 Å². The standard InChI is InChI=1S/C19H23ClN2O2S2/c1-2-3-15(21-18(23)7-5-14-4-6-17(20)26-14)19(24)22-10-8-16-13(12-22)9-11-25-16/h4,6,9,11,15H,2-3,5,7-8,10,12H2,1H3,(H,21,23). The minimum atomic E-state index is -0.431. The maximum Gasteiger partial charge on any atom is 0.245 e. The summed E-state index contributed by atoms with van der Waals surface area (Å²) in [6, 6.07) is 5.46. The molecule has 0 radical (unpaired) electrons. The van der Waals surface area contributed by atoms with Gasteiger partial charge in [0.1, 0.15) is 6.04 Å². The second kappa shape index (κ2) is 9.02. The Labute approximate surface area is 167 Å². The lowest BCUT2D eigenvalue weighted by molar-refractivity contribution is -0.137. The number of thiophene rings is 2. The maximum absolute atomic E-state index is 12.9. The summed E-state index contributed by atoms with van der Waals surface area (Å²) in [6.07, 6.45) is 3.46. The number of carbonyl (C=O) groups excluding carboxylic acids is 2. The number of rotatable bonds is 7. The number of nitrogens with one attached hydrogen (secondary N) is 1. The first-order valence-corrected chi connectivity index (χ1v) is 11.0. The smallest absolute Gasteiger partial charge is 0.245 e. The normalized spacial score (nSPS) is 14.8. The highest BCUT2D eigenvalue weighted by Gasteiger charge is 2.28. The molecular formula is C19H23ClN2O2S2. The van der Waals surface area contributed by atoms with E-state index in [4.69, 9.17) is 11.6 Å². The molecule has 4 nitrogen and oxygen atoms in total. The molecule has 2 aromatic heterocycles. The zero-order chi connectivity index (χ0) is 18.5. The van der Waals surface area contributed by atoms with Crippen molar-refractivity contribution in [1.82, 2.24) is 10.2 Å². The molecule has 0 bridgehead atoms. The third kappa shape index (κ3) is 4.87. The molecule has 0 spiro atoms. The summed E-state index contributed by atoms with van der Waals surface area (Å²) in [5.41, 5.74) is 1.24. The van der Waals surface area contributed by atoms with Gasteiger partial charge in [-0.05, 0) is 48.4 Å². The topological polar surface area (TPSA) is 49.4 Å². The van der Waals surface area contributed by atoms with Crippen LogP contribution in [0.25, 0.3) is 0 Å². The third-order valence-electron chi connectivity index (χ3n) is 4.56. The molecule has 0 aromatic carbocycles. The van der Waals surface area contributed by atoms with Crippen LogP contribution in [-0.2, 0) is 29.0 Å². The second-order valence-electron chi connectivity index (χ2n) is 6.49. The van der Waals surface area contributed by atoms with E-state index in [0.717, 1.165) is 28.6 Å². The van der Waals surface area contributed by atoms with E-state index >= 15 is 0 Å². The Hall–Kier alpha value is -1.37. The molecule has 1 unspecified atom stereocenters. The van der Waals surface area contributed by atoms with E-state index in [-0.39, 0.29) is 11.8 Å². The fraction of sp³-hybridized carbons (Fsp3) is 0.474. The van der Waals surface area contributed by atoms with Crippen molar-refractivity contribution >= 4 is 46.1 Å². The largest absolute Gasteiger partial charge is 0.344 e. The average Bonchev–Trinajstić information content (AvgIpc) is 3.26. The average molecular weight is 411 g/mol. The molecule has 26 heavy (non-hydrogen) atoms. The zero-order valence-electron chi connectivity index (χ0n) is 14.8. The lowest BCUT2D eigenvalue weighted by atomic mass is 10.1. The predicted octanol–water partition coefficient (Wildman–Crippen LogP) is 4.27. The van der Waals surface area contributed by atoms with Gasteiger partial charge in [-0.25, -0.2) is 0 Å². The van der Waals surface area contributed by atoms with Crippen molar-refractivity contribution < 1.29 is 9.59 Å². The monoisotopic (exact) mass is 410 g/mol. The summed E-state index contributed by atoms with van der Waals surface area (Å²) >= 11 is 9.18. The number of amides is 2. The number of carbonyl (C=O) groups is 2. The summed E-state index contributed by atoms with van der Waals surface area (Å²) in [5.74, 6) is -0.0363. The van der Waals surface area contributed by atoms with Crippen molar-refractivity contribution in [2.45, 2.75) is 51.6 Å². The Kier molecular flexibility index (Phi) is 6.73. The van der Waals surface area contributed by atoms with Gasteiger partial charge in [-0.3, -0.25) is 9.59 Å². The van der Waals surface area contributed by atoms with Crippen LogP contribution in [0.1, 0.15) is 41.5 Å². The number of hydrogen-bond donors (Lipinski definition) is 1. The van der Waals surface area contributed by atoms with Crippen LogP contribution in [0.5, 0.6) is 0 Å². The molecular weight excluding hydrogens is 388 g/mol. The van der Waals surface area contributed by atoms with Crippen LogP contribution in [0.2, 0.25) is 4.34 Å². The van der Waals surface area contributed by atoms with Crippen LogP contribution in [0.4, 0.5) is 0 Å². The fourth-order valence-corrected chi connectivity index (χ4v) is 5.17. The van der Waals surface area contributed by atoms with E-state index in [9.17, 15) is 9.59 Å². The summed E-state index contributed by atoms with van der Waals surface area (Å²) in [6.45, 7) is 3.42. The van der Waals surface area contributed by atoms with Gasteiger partial charge >= 0.3 is 0 Å². The van der Waals surface area contributed by atoms with Gasteiger partial charge in [0.05, 0.1) is 4.34 Å². The van der Waals surface area contributed by atoms with Crippen LogP contribution in [0.15, 0.2) is 23.6 Å². The van der Waals surface area contributed by atoms with Gasteiger partial charge in [0.2, 0.25) is 11.8 Å². The highest BCUT2D eigenvalue weighted by atomic mass is 35.5. The highest BCUT2D eigenvalue weighted by Crippen LogP contribution is 2.25. The summed E-state index contributed by atoms with van der Waals surface area (Å²) < 4.78 is 0.734. The molecule has 1 aliphatic rings. The summed E-state index contributed by atoms with van der Waals surface area (Å²) in [5, 5.41) is 5.04. The van der Waals surface area contributed by atoms with Crippen molar-refractivity contribution in [2.24, 2.45) is 0 Å². The van der Waals surface area contributed by atoms with Crippen molar-refractivity contribution in [3.63, 3.8) is 0 Å². The van der Waals surface area contributed by atoms with Crippen LogP contribution in [0, 0.1) is 0 Å². The van der Waals surface area contributed by atoms with Crippen molar-refractivity contribution in [3.05, 3.63) is 43.2 Å². The first kappa shape index (κ1) is 19.4. The molecule has 0 aliphatic carbocycles. The van der Waals surface area contributed by atoms with E-state index in [0.29, 0.717) is 25.8 Å². The Morgan fingerprint density at radius 2 is 2.19 bits per heavy atom. The van der Waals surface area contributed by atoms with Crippen LogP contribution in [0.3, 0.4) is 0 Å². The van der Waals surface area contributed by atoms with Crippen LogP contribution < -0.4 is 5.32 Å². The SMILES string of the molecule is CCCC(NC(=O)CCc1ccc(Cl)s1)C(=O)N1CCc2sccc2C1. The third-order valence-corrected chi connectivity index (χ3v) is 6.87. The van der Waals surface area contributed by atoms with Gasteiger partial charge in [-0.15, -0.1) is 22.7 Å². The zero-order valence-corrected chi connectivity index (χ0v) is 17.2. The molecule has 2 amide bonds. The number of fused-ring (bicyclic) bond motifs is 1. The molecule has 2 aromatic rings. The predicted molar refractivity (Wildman–Crippen MR) is 108 cm³/mol. The molecule has 3 heterocycles. The highest BCUT2D eigenvalue weighted by molar-refractivity contribution is 7.16. The minimum Gasteiger partial charge on any atom is -0.344 e. The Morgan fingerprint density at radius 1 is 1.35 bits per heavy atom. The quantitative estimate of drug-likeness (QED) is 0.741.